The first-order valence-corrected chi connectivity index (χ1v) is 8.10. The van der Waals surface area contributed by atoms with Gasteiger partial charge >= 0.3 is 0 Å². The minimum Gasteiger partial charge on any atom is -0.497 e. The zero-order valence-electron chi connectivity index (χ0n) is 13.6. The number of hydrogen-bond donors (Lipinski definition) is 1. The van der Waals surface area contributed by atoms with E-state index in [0.717, 1.165) is 11.1 Å². The van der Waals surface area contributed by atoms with Crippen LogP contribution in [0, 0.1) is 4.77 Å². The number of halogens is 1. The highest BCUT2D eigenvalue weighted by molar-refractivity contribution is 7.71. The lowest BCUT2D eigenvalue weighted by Crippen LogP contribution is -1.97. The number of hydrogen-bond acceptors (Lipinski definition) is 5. The number of aromatic nitrogens is 3. The molecule has 3 aromatic rings. The number of nitrogens with one attached hydrogen (secondary N) is 1. The smallest absolute Gasteiger partial charge is 0.216 e. The van der Waals surface area contributed by atoms with Gasteiger partial charge in [-0.15, -0.1) is 0 Å². The Labute approximate surface area is 154 Å². The van der Waals surface area contributed by atoms with Crippen LogP contribution in [-0.4, -0.2) is 35.3 Å². The van der Waals surface area contributed by atoms with Gasteiger partial charge in [-0.05, 0) is 54.7 Å². The van der Waals surface area contributed by atoms with Gasteiger partial charge in [0, 0.05) is 16.1 Å². The number of H-pyrrole nitrogens is 1. The zero-order chi connectivity index (χ0) is 17.8. The first-order chi connectivity index (χ1) is 12.1. The van der Waals surface area contributed by atoms with Gasteiger partial charge in [0.15, 0.2) is 5.82 Å². The third kappa shape index (κ3) is 3.72. The van der Waals surface area contributed by atoms with E-state index in [0.29, 0.717) is 27.1 Å². The Bertz CT molecular complexity index is 964. The zero-order valence-corrected chi connectivity index (χ0v) is 15.1. The standard InChI is InChI=1S/C17H15ClN4O2S/c1-23-14-7-8-15(24-2)12(9-14)10-19-22-16(20-21-17(22)25)11-3-5-13(18)6-4-11/h3-10H,1-2H3,(H,21,25)/b19-10+. The van der Waals surface area contributed by atoms with Crippen LogP contribution in [0.25, 0.3) is 11.4 Å². The number of rotatable bonds is 5. The molecule has 1 N–H and O–H groups in total. The number of ether oxygens (including phenoxy) is 2. The van der Waals surface area contributed by atoms with E-state index in [2.05, 4.69) is 15.3 Å². The summed E-state index contributed by atoms with van der Waals surface area (Å²) in [6.07, 6.45) is 1.64. The van der Waals surface area contributed by atoms with Crippen LogP contribution >= 0.6 is 23.8 Å². The van der Waals surface area contributed by atoms with Gasteiger partial charge < -0.3 is 9.47 Å². The van der Waals surface area contributed by atoms with E-state index in [1.807, 2.05) is 30.3 Å². The highest BCUT2D eigenvalue weighted by Gasteiger charge is 2.09. The molecule has 128 valence electrons. The third-order valence-electron chi connectivity index (χ3n) is 3.50. The first-order valence-electron chi connectivity index (χ1n) is 7.32. The molecule has 0 unspecified atom stereocenters. The second kappa shape index (κ2) is 7.50. The summed E-state index contributed by atoms with van der Waals surface area (Å²) in [6.45, 7) is 0. The summed E-state index contributed by atoms with van der Waals surface area (Å²) in [7, 11) is 3.20. The topological polar surface area (TPSA) is 64.4 Å². The van der Waals surface area contributed by atoms with Gasteiger partial charge in [-0.1, -0.05) is 11.6 Å². The summed E-state index contributed by atoms with van der Waals surface area (Å²) in [5.74, 6) is 1.96. The van der Waals surface area contributed by atoms with Crippen molar-refractivity contribution in [2.24, 2.45) is 5.10 Å². The van der Waals surface area contributed by atoms with Crippen molar-refractivity contribution in [3.05, 3.63) is 57.8 Å². The molecule has 0 aliphatic heterocycles. The summed E-state index contributed by atoms with van der Waals surface area (Å²) in [5.41, 5.74) is 1.60. The van der Waals surface area contributed by atoms with Crippen molar-refractivity contribution >= 4 is 30.0 Å². The molecule has 2 aromatic carbocycles. The van der Waals surface area contributed by atoms with Crippen molar-refractivity contribution in [2.45, 2.75) is 0 Å². The van der Waals surface area contributed by atoms with Gasteiger partial charge in [0.1, 0.15) is 11.5 Å². The summed E-state index contributed by atoms with van der Waals surface area (Å²) in [5, 5.41) is 12.1. The molecule has 0 aliphatic rings. The monoisotopic (exact) mass is 374 g/mol. The van der Waals surface area contributed by atoms with Crippen LogP contribution in [0.3, 0.4) is 0 Å². The van der Waals surface area contributed by atoms with Gasteiger partial charge in [0.2, 0.25) is 4.77 Å². The Morgan fingerprint density at radius 3 is 2.60 bits per heavy atom. The van der Waals surface area contributed by atoms with Crippen molar-refractivity contribution in [2.75, 3.05) is 14.2 Å². The molecule has 0 saturated carbocycles. The predicted molar refractivity (Wildman–Crippen MR) is 100 cm³/mol. The molecule has 25 heavy (non-hydrogen) atoms. The van der Waals surface area contributed by atoms with E-state index in [1.165, 1.54) is 4.68 Å². The maximum atomic E-state index is 5.94. The Balaban J connectivity index is 2.01. The van der Waals surface area contributed by atoms with Crippen molar-refractivity contribution in [1.82, 2.24) is 14.9 Å². The lowest BCUT2D eigenvalue weighted by molar-refractivity contribution is 0.402. The molecule has 0 spiro atoms. The van der Waals surface area contributed by atoms with Crippen LogP contribution < -0.4 is 9.47 Å². The van der Waals surface area contributed by atoms with Gasteiger partial charge in [0.05, 0.1) is 20.4 Å². The van der Waals surface area contributed by atoms with Gasteiger partial charge in [0.25, 0.3) is 0 Å². The fourth-order valence-corrected chi connectivity index (χ4v) is 2.55. The molecular weight excluding hydrogens is 360 g/mol. The third-order valence-corrected chi connectivity index (χ3v) is 4.02. The minimum absolute atomic E-state index is 0.378. The largest absolute Gasteiger partial charge is 0.497 e. The molecule has 0 atom stereocenters. The van der Waals surface area contributed by atoms with Gasteiger partial charge in [-0.2, -0.15) is 14.9 Å². The summed E-state index contributed by atoms with van der Waals surface area (Å²) in [4.78, 5) is 0. The molecule has 0 fully saturated rings. The molecule has 8 heteroatoms. The number of methoxy groups -OCH3 is 2. The normalized spacial score (nSPS) is 11.0. The number of benzene rings is 2. The van der Waals surface area contributed by atoms with Crippen LogP contribution in [0.4, 0.5) is 0 Å². The van der Waals surface area contributed by atoms with Gasteiger partial charge in [-0.25, -0.2) is 5.10 Å². The molecule has 0 aliphatic carbocycles. The SMILES string of the molecule is COc1ccc(OC)c(/C=N/n2c(-c3ccc(Cl)cc3)n[nH]c2=S)c1. The predicted octanol–water partition coefficient (Wildman–Crippen LogP) is 4.16. The molecule has 0 radical (unpaired) electrons. The summed E-state index contributed by atoms with van der Waals surface area (Å²) < 4.78 is 12.5. The number of aromatic amines is 1. The van der Waals surface area contributed by atoms with E-state index in [-0.39, 0.29) is 0 Å². The summed E-state index contributed by atoms with van der Waals surface area (Å²) >= 11 is 11.2. The molecule has 0 saturated heterocycles. The van der Waals surface area contributed by atoms with E-state index in [4.69, 9.17) is 33.3 Å². The first kappa shape index (κ1) is 17.2. The van der Waals surface area contributed by atoms with E-state index < -0.39 is 0 Å². The highest BCUT2D eigenvalue weighted by atomic mass is 35.5. The van der Waals surface area contributed by atoms with Crippen LogP contribution in [0.5, 0.6) is 11.5 Å². The van der Waals surface area contributed by atoms with Crippen molar-refractivity contribution in [3.63, 3.8) is 0 Å². The quantitative estimate of drug-likeness (QED) is 0.538. The van der Waals surface area contributed by atoms with Gasteiger partial charge in [-0.3, -0.25) is 0 Å². The van der Waals surface area contributed by atoms with Crippen molar-refractivity contribution in [3.8, 4) is 22.9 Å². The summed E-state index contributed by atoms with van der Waals surface area (Å²) in [6, 6.07) is 12.7. The Hall–Kier alpha value is -2.64. The second-order valence-corrected chi connectivity index (χ2v) is 5.85. The highest BCUT2D eigenvalue weighted by Crippen LogP contribution is 2.23. The maximum absolute atomic E-state index is 5.94. The Kier molecular flexibility index (Phi) is 5.16. The number of nitrogens with zero attached hydrogens (tertiary/aromatic N) is 3. The lowest BCUT2D eigenvalue weighted by Gasteiger charge is -2.07. The van der Waals surface area contributed by atoms with E-state index >= 15 is 0 Å². The molecule has 6 nitrogen and oxygen atoms in total. The average molecular weight is 375 g/mol. The lowest BCUT2D eigenvalue weighted by atomic mass is 10.2. The van der Waals surface area contributed by atoms with Crippen molar-refractivity contribution in [1.29, 1.82) is 0 Å². The van der Waals surface area contributed by atoms with Crippen LogP contribution in [0.15, 0.2) is 47.6 Å². The molecule has 1 aromatic heterocycles. The Morgan fingerprint density at radius 2 is 1.92 bits per heavy atom. The Morgan fingerprint density at radius 1 is 1.16 bits per heavy atom. The van der Waals surface area contributed by atoms with Crippen LogP contribution in [-0.2, 0) is 0 Å². The van der Waals surface area contributed by atoms with E-state index in [1.54, 1.807) is 32.6 Å². The fraction of sp³-hybridized carbons (Fsp3) is 0.118. The fourth-order valence-electron chi connectivity index (χ4n) is 2.24. The minimum atomic E-state index is 0.378. The maximum Gasteiger partial charge on any atom is 0.216 e. The molecule has 0 amide bonds. The molecule has 3 rings (SSSR count). The second-order valence-electron chi connectivity index (χ2n) is 5.02. The van der Waals surface area contributed by atoms with E-state index in [9.17, 15) is 0 Å². The average Bonchev–Trinajstić information content (AvgIpc) is 3.01. The molecule has 0 bridgehead atoms. The molecule has 1 heterocycles. The van der Waals surface area contributed by atoms with Crippen LogP contribution in [0.1, 0.15) is 5.56 Å². The van der Waals surface area contributed by atoms with Crippen LogP contribution in [0.2, 0.25) is 5.02 Å². The molecular formula is C17H15ClN4O2S. The van der Waals surface area contributed by atoms with Crippen molar-refractivity contribution < 1.29 is 9.47 Å².